The van der Waals surface area contributed by atoms with E-state index >= 15 is 0 Å². The van der Waals surface area contributed by atoms with Crippen LogP contribution in [-0.2, 0) is 9.53 Å². The summed E-state index contributed by atoms with van der Waals surface area (Å²) in [6.07, 6.45) is -0.880. The minimum Gasteiger partial charge on any atom is -0.481 e. The number of esters is 1. The maximum Gasteiger partial charge on any atom is 0.338 e. The number of anilines is 2. The monoisotopic (exact) mass is 534 g/mol. The van der Waals surface area contributed by atoms with Gasteiger partial charge in [-0.15, -0.1) is 0 Å². The first-order valence-electron chi connectivity index (χ1n) is 12.0. The fourth-order valence-electron chi connectivity index (χ4n) is 3.88. The molecule has 4 aromatic rings. The molecular formula is C29H27ClN2O6. The van der Waals surface area contributed by atoms with Crippen molar-refractivity contribution in [1.29, 1.82) is 0 Å². The van der Waals surface area contributed by atoms with Crippen LogP contribution in [-0.4, -0.2) is 30.5 Å². The maximum atomic E-state index is 13.2. The van der Waals surface area contributed by atoms with E-state index in [4.69, 9.17) is 25.5 Å². The summed E-state index contributed by atoms with van der Waals surface area (Å²) < 4.78 is 16.7. The number of carbonyl (C=O) groups is 3. The van der Waals surface area contributed by atoms with Crippen LogP contribution in [0.4, 0.5) is 11.4 Å². The molecular weight excluding hydrogens is 508 g/mol. The zero-order valence-corrected chi connectivity index (χ0v) is 22.1. The largest absolute Gasteiger partial charge is 0.481 e. The van der Waals surface area contributed by atoms with E-state index in [1.807, 2.05) is 13.8 Å². The van der Waals surface area contributed by atoms with Gasteiger partial charge in [0.05, 0.1) is 12.2 Å². The predicted octanol–water partition coefficient (Wildman–Crippen LogP) is 6.54. The Hall–Kier alpha value is -4.30. The minimum absolute atomic E-state index is 0.0700. The van der Waals surface area contributed by atoms with Crippen LogP contribution in [0.1, 0.15) is 45.9 Å². The van der Waals surface area contributed by atoms with Gasteiger partial charge in [-0.2, -0.15) is 0 Å². The zero-order valence-electron chi connectivity index (χ0n) is 21.4. The molecule has 0 aliphatic heterocycles. The molecule has 9 heteroatoms. The molecule has 38 heavy (non-hydrogen) atoms. The minimum atomic E-state index is -0.880. The van der Waals surface area contributed by atoms with Crippen LogP contribution >= 0.6 is 11.6 Å². The third-order valence-corrected chi connectivity index (χ3v) is 6.39. The number of rotatable bonds is 8. The van der Waals surface area contributed by atoms with Gasteiger partial charge < -0.3 is 24.5 Å². The van der Waals surface area contributed by atoms with Crippen molar-refractivity contribution in [3.05, 3.63) is 88.1 Å². The fraction of sp³-hybridized carbons (Fsp3) is 0.207. The molecule has 1 aromatic heterocycles. The Labute approximate surface area is 224 Å². The van der Waals surface area contributed by atoms with Gasteiger partial charge in [-0.05, 0) is 87.4 Å². The highest BCUT2D eigenvalue weighted by Gasteiger charge is 2.25. The van der Waals surface area contributed by atoms with Crippen LogP contribution in [0.25, 0.3) is 11.0 Å². The van der Waals surface area contributed by atoms with Gasteiger partial charge in [-0.1, -0.05) is 23.7 Å². The van der Waals surface area contributed by atoms with Gasteiger partial charge >= 0.3 is 5.97 Å². The van der Waals surface area contributed by atoms with Gasteiger partial charge in [0.15, 0.2) is 6.10 Å². The van der Waals surface area contributed by atoms with Gasteiger partial charge in [0, 0.05) is 16.1 Å². The zero-order chi connectivity index (χ0) is 27.4. The highest BCUT2D eigenvalue weighted by Crippen LogP contribution is 2.32. The Kier molecular flexibility index (Phi) is 8.02. The van der Waals surface area contributed by atoms with Crippen molar-refractivity contribution in [1.82, 2.24) is 0 Å². The lowest BCUT2D eigenvalue weighted by atomic mass is 10.1. The number of ether oxygens (including phenoxy) is 2. The van der Waals surface area contributed by atoms with Gasteiger partial charge in [0.1, 0.15) is 17.0 Å². The summed E-state index contributed by atoms with van der Waals surface area (Å²) in [7, 11) is 0. The first-order chi connectivity index (χ1) is 18.2. The second kappa shape index (κ2) is 11.4. The standard InChI is InChI=1S/C29H27ClN2O6/c1-5-36-29(35)19-10-12-20(13-11-19)31-28(34)26-25(22-8-6-7-9-23(22)38-26)32-27(33)18(4)37-21-14-16(2)24(30)17(3)15-21/h6-15,18H,5H2,1-4H3,(H,31,34)(H,32,33)/t18-/m0/s1. The number of para-hydroxylation sites is 1. The Balaban J connectivity index is 1.55. The average Bonchev–Trinajstić information content (AvgIpc) is 3.26. The second-order valence-corrected chi connectivity index (χ2v) is 9.05. The number of amides is 2. The van der Waals surface area contributed by atoms with Gasteiger partial charge in [0.25, 0.3) is 11.8 Å². The molecule has 0 aliphatic rings. The molecule has 2 N–H and O–H groups in total. The lowest BCUT2D eigenvalue weighted by molar-refractivity contribution is -0.122. The van der Waals surface area contributed by atoms with Crippen molar-refractivity contribution < 1.29 is 28.3 Å². The van der Waals surface area contributed by atoms with Crippen molar-refractivity contribution in [2.24, 2.45) is 0 Å². The number of hydrogen-bond donors (Lipinski definition) is 2. The molecule has 1 atom stereocenters. The molecule has 0 fully saturated rings. The van der Waals surface area contributed by atoms with Gasteiger partial charge in [0.2, 0.25) is 5.76 Å². The predicted molar refractivity (Wildman–Crippen MR) is 146 cm³/mol. The molecule has 0 aliphatic carbocycles. The van der Waals surface area contributed by atoms with E-state index in [-0.39, 0.29) is 18.1 Å². The van der Waals surface area contributed by atoms with E-state index in [0.717, 1.165) is 11.1 Å². The summed E-state index contributed by atoms with van der Waals surface area (Å²) in [6, 6.07) is 16.8. The van der Waals surface area contributed by atoms with Crippen molar-refractivity contribution in [2.45, 2.75) is 33.8 Å². The van der Waals surface area contributed by atoms with Crippen molar-refractivity contribution in [3.63, 3.8) is 0 Å². The van der Waals surface area contributed by atoms with E-state index in [0.29, 0.717) is 33.0 Å². The molecule has 0 saturated carbocycles. The molecule has 2 amide bonds. The highest BCUT2D eigenvalue weighted by atomic mass is 35.5. The number of aryl methyl sites for hydroxylation is 2. The average molecular weight is 535 g/mol. The molecule has 3 aromatic carbocycles. The number of fused-ring (bicyclic) bond motifs is 1. The van der Waals surface area contributed by atoms with Crippen LogP contribution in [0.3, 0.4) is 0 Å². The van der Waals surface area contributed by atoms with Crippen LogP contribution in [0, 0.1) is 13.8 Å². The molecule has 1 heterocycles. The topological polar surface area (TPSA) is 107 Å². The molecule has 0 spiro atoms. The number of nitrogens with one attached hydrogen (secondary N) is 2. The number of carbonyl (C=O) groups excluding carboxylic acids is 3. The smallest absolute Gasteiger partial charge is 0.338 e. The third kappa shape index (κ3) is 5.81. The number of hydrogen-bond acceptors (Lipinski definition) is 6. The summed E-state index contributed by atoms with van der Waals surface area (Å²) in [5.41, 5.74) is 3.13. The molecule has 8 nitrogen and oxygen atoms in total. The van der Waals surface area contributed by atoms with Gasteiger partial charge in [-0.3, -0.25) is 9.59 Å². The molecule has 4 rings (SSSR count). The molecule has 0 saturated heterocycles. The Morgan fingerprint density at radius 3 is 2.29 bits per heavy atom. The first-order valence-corrected chi connectivity index (χ1v) is 12.4. The van der Waals surface area contributed by atoms with Crippen LogP contribution in [0.5, 0.6) is 5.75 Å². The Morgan fingerprint density at radius 2 is 1.63 bits per heavy atom. The van der Waals surface area contributed by atoms with Crippen LogP contribution in [0.2, 0.25) is 5.02 Å². The van der Waals surface area contributed by atoms with E-state index in [1.54, 1.807) is 74.5 Å². The van der Waals surface area contributed by atoms with Crippen molar-refractivity contribution in [2.75, 3.05) is 17.2 Å². The normalized spacial score (nSPS) is 11.6. The molecule has 196 valence electrons. The fourth-order valence-corrected chi connectivity index (χ4v) is 3.99. The summed E-state index contributed by atoms with van der Waals surface area (Å²) >= 11 is 6.23. The van der Waals surface area contributed by atoms with E-state index in [9.17, 15) is 14.4 Å². The summed E-state index contributed by atoms with van der Waals surface area (Å²) in [5, 5.41) is 6.74. The number of halogens is 1. The Bertz CT molecular complexity index is 1490. The molecule has 0 unspecified atom stereocenters. The summed E-state index contributed by atoms with van der Waals surface area (Å²) in [4.78, 5) is 38.2. The Morgan fingerprint density at radius 1 is 0.974 bits per heavy atom. The first kappa shape index (κ1) is 26.8. The highest BCUT2D eigenvalue weighted by molar-refractivity contribution is 6.32. The molecule has 0 radical (unpaired) electrons. The number of benzene rings is 3. The van der Waals surface area contributed by atoms with E-state index in [2.05, 4.69) is 10.6 Å². The third-order valence-electron chi connectivity index (χ3n) is 5.80. The SMILES string of the molecule is CCOC(=O)c1ccc(NC(=O)c2oc3ccccc3c2NC(=O)[C@H](C)Oc2cc(C)c(Cl)c(C)c2)cc1. The molecule has 0 bridgehead atoms. The lowest BCUT2D eigenvalue weighted by Crippen LogP contribution is -2.30. The summed E-state index contributed by atoms with van der Waals surface area (Å²) in [6.45, 7) is 7.32. The second-order valence-electron chi connectivity index (χ2n) is 8.67. The summed E-state index contributed by atoms with van der Waals surface area (Å²) in [5.74, 6) is -1.05. The van der Waals surface area contributed by atoms with E-state index < -0.39 is 23.9 Å². The quantitative estimate of drug-likeness (QED) is 0.249. The number of furan rings is 1. The van der Waals surface area contributed by atoms with Crippen molar-refractivity contribution >= 4 is 51.7 Å². The van der Waals surface area contributed by atoms with E-state index in [1.165, 1.54) is 0 Å². The lowest BCUT2D eigenvalue weighted by Gasteiger charge is -2.16. The van der Waals surface area contributed by atoms with Crippen molar-refractivity contribution in [3.8, 4) is 5.75 Å². The van der Waals surface area contributed by atoms with Gasteiger partial charge in [-0.25, -0.2) is 4.79 Å². The van der Waals surface area contributed by atoms with Crippen LogP contribution in [0.15, 0.2) is 65.1 Å². The maximum absolute atomic E-state index is 13.2. The van der Waals surface area contributed by atoms with Crippen LogP contribution < -0.4 is 15.4 Å².